The fourth-order valence-electron chi connectivity index (χ4n) is 2.44. The number of thiophene rings is 1. The van der Waals surface area contributed by atoms with Gasteiger partial charge in [-0.25, -0.2) is 9.59 Å². The van der Waals surface area contributed by atoms with Crippen molar-refractivity contribution >= 4 is 23.4 Å². The van der Waals surface area contributed by atoms with Crippen LogP contribution in [0.4, 0.5) is 4.79 Å². The standard InChI is InChI=1S/C16H23NO4S/c1-6-20-14(18)12-9-22-13-8-17(10(2)7-11(12)13)15(19)21-16(3,4)5/h9-10H,6-8H2,1-5H3. The van der Waals surface area contributed by atoms with E-state index >= 15 is 0 Å². The summed E-state index contributed by atoms with van der Waals surface area (Å²) in [6.45, 7) is 10.2. The maximum absolute atomic E-state index is 12.3. The van der Waals surface area contributed by atoms with E-state index in [1.165, 1.54) is 11.3 Å². The molecule has 0 saturated carbocycles. The number of fused-ring (bicyclic) bond motifs is 1. The van der Waals surface area contributed by atoms with Gasteiger partial charge >= 0.3 is 12.1 Å². The molecule has 1 aliphatic rings. The molecule has 1 aliphatic heterocycles. The normalized spacial score (nSPS) is 17.9. The Hall–Kier alpha value is -1.56. The smallest absolute Gasteiger partial charge is 0.410 e. The molecular weight excluding hydrogens is 302 g/mol. The zero-order chi connectivity index (χ0) is 16.5. The molecule has 2 rings (SSSR count). The SMILES string of the molecule is CCOC(=O)c1csc2c1CC(C)N(C(=O)OC(C)(C)C)C2. The van der Waals surface area contributed by atoms with Crippen LogP contribution in [0.15, 0.2) is 5.38 Å². The first-order valence-corrected chi connectivity index (χ1v) is 8.37. The van der Waals surface area contributed by atoms with Gasteiger partial charge in [0.15, 0.2) is 0 Å². The van der Waals surface area contributed by atoms with Crippen LogP contribution in [-0.4, -0.2) is 35.2 Å². The summed E-state index contributed by atoms with van der Waals surface area (Å²) in [6, 6.07) is -0.00914. The van der Waals surface area contributed by atoms with Gasteiger partial charge in [0.25, 0.3) is 0 Å². The van der Waals surface area contributed by atoms with Gasteiger partial charge in [-0.3, -0.25) is 0 Å². The molecule has 122 valence electrons. The van der Waals surface area contributed by atoms with Crippen molar-refractivity contribution in [3.05, 3.63) is 21.4 Å². The summed E-state index contributed by atoms with van der Waals surface area (Å²) in [5.74, 6) is -0.280. The number of nitrogens with zero attached hydrogens (tertiary/aromatic N) is 1. The molecule has 5 nitrogen and oxygen atoms in total. The summed E-state index contributed by atoms with van der Waals surface area (Å²) < 4.78 is 10.5. The van der Waals surface area contributed by atoms with E-state index in [4.69, 9.17) is 9.47 Å². The van der Waals surface area contributed by atoms with Crippen molar-refractivity contribution in [1.82, 2.24) is 4.90 Å². The van der Waals surface area contributed by atoms with Gasteiger partial charge < -0.3 is 14.4 Å². The van der Waals surface area contributed by atoms with Crippen molar-refractivity contribution in [2.75, 3.05) is 6.61 Å². The van der Waals surface area contributed by atoms with Crippen LogP contribution < -0.4 is 0 Å². The molecule has 1 aromatic heterocycles. The predicted molar refractivity (Wildman–Crippen MR) is 85.2 cm³/mol. The average Bonchev–Trinajstić information content (AvgIpc) is 2.78. The van der Waals surface area contributed by atoms with Crippen LogP contribution in [0.1, 0.15) is 55.4 Å². The zero-order valence-corrected chi connectivity index (χ0v) is 14.6. The third-order valence-corrected chi connectivity index (χ3v) is 4.46. The highest BCUT2D eigenvalue weighted by Gasteiger charge is 2.33. The van der Waals surface area contributed by atoms with Crippen molar-refractivity contribution in [3.8, 4) is 0 Å². The quantitative estimate of drug-likeness (QED) is 0.780. The highest BCUT2D eigenvalue weighted by Crippen LogP contribution is 2.32. The molecular formula is C16H23NO4S. The van der Waals surface area contributed by atoms with E-state index in [0.717, 1.165) is 10.4 Å². The van der Waals surface area contributed by atoms with Gasteiger partial charge in [0.05, 0.1) is 18.7 Å². The van der Waals surface area contributed by atoms with Gasteiger partial charge in [-0.15, -0.1) is 11.3 Å². The minimum atomic E-state index is -0.511. The molecule has 0 saturated heterocycles. The van der Waals surface area contributed by atoms with Crippen LogP contribution in [0, 0.1) is 0 Å². The molecule has 1 amide bonds. The second-order valence-electron chi connectivity index (χ2n) is 6.43. The van der Waals surface area contributed by atoms with Crippen molar-refractivity contribution in [2.24, 2.45) is 0 Å². The number of ether oxygens (including phenoxy) is 2. The monoisotopic (exact) mass is 325 g/mol. The predicted octanol–water partition coefficient (Wildman–Crippen LogP) is 3.61. The molecule has 0 spiro atoms. The minimum absolute atomic E-state index is 0.00914. The fourth-order valence-corrected chi connectivity index (χ4v) is 3.49. The van der Waals surface area contributed by atoms with Crippen LogP contribution >= 0.6 is 11.3 Å². The summed E-state index contributed by atoms with van der Waals surface area (Å²) in [5.41, 5.74) is 1.14. The van der Waals surface area contributed by atoms with Crippen LogP contribution in [0.25, 0.3) is 0 Å². The Labute approximate surface area is 135 Å². The van der Waals surface area contributed by atoms with Crippen molar-refractivity contribution < 1.29 is 19.1 Å². The third kappa shape index (κ3) is 3.61. The van der Waals surface area contributed by atoms with E-state index in [1.807, 2.05) is 33.1 Å². The van der Waals surface area contributed by atoms with E-state index in [0.29, 0.717) is 25.1 Å². The number of esters is 1. The van der Waals surface area contributed by atoms with E-state index in [2.05, 4.69) is 0 Å². The zero-order valence-electron chi connectivity index (χ0n) is 13.8. The summed E-state index contributed by atoms with van der Waals surface area (Å²) in [7, 11) is 0. The molecule has 0 N–H and O–H groups in total. The lowest BCUT2D eigenvalue weighted by molar-refractivity contribution is 0.0141. The Morgan fingerprint density at radius 2 is 2.09 bits per heavy atom. The maximum Gasteiger partial charge on any atom is 0.410 e. The van der Waals surface area contributed by atoms with Gasteiger partial charge in [0, 0.05) is 16.3 Å². The first-order chi connectivity index (χ1) is 10.2. The van der Waals surface area contributed by atoms with Crippen LogP contribution in [0.5, 0.6) is 0 Å². The Morgan fingerprint density at radius 3 is 2.68 bits per heavy atom. The van der Waals surface area contributed by atoms with Crippen LogP contribution in [-0.2, 0) is 22.4 Å². The molecule has 1 atom stereocenters. The lowest BCUT2D eigenvalue weighted by atomic mass is 9.98. The number of hydrogen-bond donors (Lipinski definition) is 0. The highest BCUT2D eigenvalue weighted by molar-refractivity contribution is 7.10. The topological polar surface area (TPSA) is 55.8 Å². The molecule has 1 aromatic rings. The van der Waals surface area contributed by atoms with E-state index in [1.54, 1.807) is 11.8 Å². The Kier molecular flexibility index (Phi) is 4.80. The van der Waals surface area contributed by atoms with Gasteiger partial charge in [-0.2, -0.15) is 0 Å². The van der Waals surface area contributed by atoms with Gasteiger partial charge in [0.2, 0.25) is 0 Å². The van der Waals surface area contributed by atoms with Crippen LogP contribution in [0.2, 0.25) is 0 Å². The molecule has 0 aromatic carbocycles. The molecule has 0 bridgehead atoms. The number of carbonyl (C=O) groups is 2. The first kappa shape index (κ1) is 16.8. The molecule has 22 heavy (non-hydrogen) atoms. The summed E-state index contributed by atoms with van der Waals surface area (Å²) in [4.78, 5) is 27.0. The summed E-state index contributed by atoms with van der Waals surface area (Å²) in [5, 5.41) is 1.83. The molecule has 1 unspecified atom stereocenters. The molecule has 6 heteroatoms. The molecule has 0 radical (unpaired) electrons. The van der Waals surface area contributed by atoms with E-state index < -0.39 is 5.60 Å². The van der Waals surface area contributed by atoms with E-state index in [-0.39, 0.29) is 18.1 Å². The third-order valence-electron chi connectivity index (χ3n) is 3.45. The Bertz CT molecular complexity index is 573. The Morgan fingerprint density at radius 1 is 1.41 bits per heavy atom. The van der Waals surface area contributed by atoms with Gasteiger partial charge in [-0.05, 0) is 46.6 Å². The van der Waals surface area contributed by atoms with Gasteiger partial charge in [0.1, 0.15) is 5.60 Å². The molecule has 0 aliphatic carbocycles. The van der Waals surface area contributed by atoms with E-state index in [9.17, 15) is 9.59 Å². The molecule has 0 fully saturated rings. The number of carbonyl (C=O) groups excluding carboxylic acids is 2. The van der Waals surface area contributed by atoms with Crippen molar-refractivity contribution in [2.45, 2.75) is 59.2 Å². The second kappa shape index (κ2) is 6.28. The number of hydrogen-bond acceptors (Lipinski definition) is 5. The molecule has 2 heterocycles. The van der Waals surface area contributed by atoms with Gasteiger partial charge in [-0.1, -0.05) is 0 Å². The minimum Gasteiger partial charge on any atom is -0.462 e. The van der Waals surface area contributed by atoms with Crippen molar-refractivity contribution in [3.63, 3.8) is 0 Å². The largest absolute Gasteiger partial charge is 0.462 e. The number of rotatable bonds is 2. The van der Waals surface area contributed by atoms with Crippen molar-refractivity contribution in [1.29, 1.82) is 0 Å². The summed E-state index contributed by atoms with van der Waals surface area (Å²) >= 11 is 1.50. The Balaban J connectivity index is 2.18. The number of amides is 1. The fraction of sp³-hybridized carbons (Fsp3) is 0.625. The maximum atomic E-state index is 12.3. The second-order valence-corrected chi connectivity index (χ2v) is 7.40. The summed E-state index contributed by atoms with van der Waals surface area (Å²) in [6.07, 6.45) is 0.336. The first-order valence-electron chi connectivity index (χ1n) is 7.49. The average molecular weight is 325 g/mol. The lowest BCUT2D eigenvalue weighted by Gasteiger charge is -2.35. The van der Waals surface area contributed by atoms with Crippen LogP contribution in [0.3, 0.4) is 0 Å². The lowest BCUT2D eigenvalue weighted by Crippen LogP contribution is -2.45. The highest BCUT2D eigenvalue weighted by atomic mass is 32.1.